The molecule has 6 rings (SSSR count). The fourth-order valence-electron chi connectivity index (χ4n) is 5.79. The number of anilines is 2. The molecule has 3 heterocycles. The molecule has 196 valence electrons. The van der Waals surface area contributed by atoms with Crippen LogP contribution in [0.25, 0.3) is 6.08 Å². The molecule has 2 fully saturated rings. The second kappa shape index (κ2) is 9.25. The molecule has 3 aromatic carbocycles. The highest BCUT2D eigenvalue weighted by Gasteiger charge is 2.64. The monoisotopic (exact) mass is 544 g/mol. The number of halogens is 1. The Morgan fingerprint density at radius 3 is 2.46 bits per heavy atom. The van der Waals surface area contributed by atoms with Crippen LogP contribution in [0.3, 0.4) is 0 Å². The smallest absolute Gasteiger partial charge is 0.289 e. The molecule has 0 aromatic heterocycles. The van der Waals surface area contributed by atoms with E-state index in [1.807, 2.05) is 30.3 Å². The molecule has 39 heavy (non-hydrogen) atoms. The third-order valence-corrected chi connectivity index (χ3v) is 7.79. The van der Waals surface area contributed by atoms with Crippen molar-refractivity contribution < 1.29 is 24.0 Å². The van der Waals surface area contributed by atoms with Crippen LogP contribution in [0.5, 0.6) is 5.75 Å². The van der Waals surface area contributed by atoms with Gasteiger partial charge in [0.1, 0.15) is 16.8 Å². The molecule has 0 radical (unpaired) electrons. The molecule has 3 aliphatic rings. The van der Waals surface area contributed by atoms with Crippen molar-refractivity contribution in [3.8, 4) is 5.75 Å². The average Bonchev–Trinajstić information content (AvgIpc) is 3.42. The minimum absolute atomic E-state index is 0.0683. The molecule has 3 aromatic rings. The first kappa shape index (κ1) is 24.6. The quantitative estimate of drug-likeness (QED) is 0.287. The molecule has 0 saturated carbocycles. The van der Waals surface area contributed by atoms with Crippen LogP contribution in [0, 0.1) is 22.0 Å². The predicted octanol–water partition coefficient (Wildman–Crippen LogP) is 4.41. The maximum Gasteiger partial charge on any atom is 0.289 e. The Hall–Kier alpha value is -4.70. The van der Waals surface area contributed by atoms with Crippen LogP contribution in [-0.4, -0.2) is 40.7 Å². The highest BCUT2D eigenvalue weighted by molar-refractivity contribution is 6.32. The summed E-state index contributed by atoms with van der Waals surface area (Å²) in [5, 5.41) is 14.0. The first-order valence-electron chi connectivity index (χ1n) is 12.1. The van der Waals surface area contributed by atoms with E-state index in [0.717, 1.165) is 22.1 Å². The molecule has 2 saturated heterocycles. The molecule has 4 atom stereocenters. The molecule has 0 aliphatic carbocycles. The van der Waals surface area contributed by atoms with Gasteiger partial charge < -0.3 is 15.0 Å². The molecular weight excluding hydrogens is 524 g/mol. The van der Waals surface area contributed by atoms with Crippen molar-refractivity contribution in [2.24, 2.45) is 11.8 Å². The number of amides is 3. The Morgan fingerprint density at radius 1 is 1.03 bits per heavy atom. The molecular formula is C28H21ClN4O6. The number of hydrogen-bond acceptors (Lipinski definition) is 7. The van der Waals surface area contributed by atoms with Crippen LogP contribution in [0.4, 0.5) is 17.1 Å². The van der Waals surface area contributed by atoms with Gasteiger partial charge in [-0.05, 0) is 53.6 Å². The van der Waals surface area contributed by atoms with Gasteiger partial charge in [-0.1, -0.05) is 35.9 Å². The van der Waals surface area contributed by atoms with Gasteiger partial charge in [0.05, 0.1) is 35.6 Å². The molecule has 3 amide bonds. The summed E-state index contributed by atoms with van der Waals surface area (Å²) in [7, 11) is 1.52. The number of ether oxygens (including phenoxy) is 1. The van der Waals surface area contributed by atoms with Gasteiger partial charge in [0.25, 0.3) is 5.69 Å². The number of carbonyl (C=O) groups is 3. The van der Waals surface area contributed by atoms with Crippen LogP contribution in [0.1, 0.15) is 17.2 Å². The maximum atomic E-state index is 13.9. The second-order valence-electron chi connectivity index (χ2n) is 9.46. The van der Waals surface area contributed by atoms with Crippen molar-refractivity contribution in [3.63, 3.8) is 0 Å². The zero-order valence-corrected chi connectivity index (χ0v) is 21.2. The lowest BCUT2D eigenvalue weighted by Crippen LogP contribution is -2.46. The van der Waals surface area contributed by atoms with E-state index < -0.39 is 46.6 Å². The lowest BCUT2D eigenvalue weighted by atomic mass is 9.84. The standard InChI is InChI=1S/C28H21ClN4O6/c1-39-18-9-7-17(8-10-18)32-27(35)22-23(28(32)36)25(31-13-12-15-4-2-3-5-19(15)24(22)31)26(34)30-16-6-11-20(29)21(14-16)33(37)38/h2-14,22-25H,1H3,(H,30,34)/t22-,23+,24+,25-/m0/s1. The van der Waals surface area contributed by atoms with Crippen molar-refractivity contribution in [1.29, 1.82) is 0 Å². The summed E-state index contributed by atoms with van der Waals surface area (Å²) in [6.45, 7) is 0. The molecule has 11 heteroatoms. The van der Waals surface area contributed by atoms with Crippen molar-refractivity contribution in [3.05, 3.63) is 99.2 Å². The third-order valence-electron chi connectivity index (χ3n) is 7.47. The first-order valence-corrected chi connectivity index (χ1v) is 12.5. The summed E-state index contributed by atoms with van der Waals surface area (Å²) in [5.74, 6) is -2.68. The highest BCUT2D eigenvalue weighted by Crippen LogP contribution is 2.53. The number of nitro groups is 1. The Kier molecular flexibility index (Phi) is 5.84. The molecule has 0 unspecified atom stereocenters. The first-order chi connectivity index (χ1) is 18.8. The van der Waals surface area contributed by atoms with Crippen molar-refractivity contribution >= 4 is 52.5 Å². The van der Waals surface area contributed by atoms with Gasteiger partial charge in [-0.25, -0.2) is 4.90 Å². The average molecular weight is 545 g/mol. The number of imide groups is 1. The van der Waals surface area contributed by atoms with E-state index in [4.69, 9.17) is 16.3 Å². The van der Waals surface area contributed by atoms with Gasteiger partial charge in [-0.3, -0.25) is 24.5 Å². The highest BCUT2D eigenvalue weighted by atomic mass is 35.5. The molecule has 1 N–H and O–H groups in total. The summed E-state index contributed by atoms with van der Waals surface area (Å²) in [5.41, 5.74) is 1.92. The summed E-state index contributed by atoms with van der Waals surface area (Å²) in [4.78, 5) is 55.2. The number of rotatable bonds is 5. The van der Waals surface area contributed by atoms with E-state index in [1.54, 1.807) is 35.4 Å². The third kappa shape index (κ3) is 3.83. The van der Waals surface area contributed by atoms with Crippen LogP contribution >= 0.6 is 11.6 Å². The lowest BCUT2D eigenvalue weighted by Gasteiger charge is -2.35. The summed E-state index contributed by atoms with van der Waals surface area (Å²) in [6.07, 6.45) is 3.58. The molecule has 0 bridgehead atoms. The Balaban J connectivity index is 1.41. The Bertz CT molecular complexity index is 1570. The van der Waals surface area contributed by atoms with E-state index in [-0.39, 0.29) is 16.4 Å². The number of nitrogens with zero attached hydrogens (tertiary/aromatic N) is 3. The molecule has 3 aliphatic heterocycles. The number of nitro benzene ring substituents is 1. The van der Waals surface area contributed by atoms with Crippen molar-refractivity contribution in [2.45, 2.75) is 12.1 Å². The second-order valence-corrected chi connectivity index (χ2v) is 9.86. The Labute approximate surface area is 227 Å². The lowest BCUT2D eigenvalue weighted by molar-refractivity contribution is -0.384. The van der Waals surface area contributed by atoms with Gasteiger partial charge in [0.2, 0.25) is 17.7 Å². The normalized spacial score (nSPS) is 22.8. The number of nitrogens with one attached hydrogen (secondary N) is 1. The van der Waals surface area contributed by atoms with Crippen LogP contribution in [0.2, 0.25) is 5.02 Å². The number of methoxy groups -OCH3 is 1. The topological polar surface area (TPSA) is 122 Å². The number of benzene rings is 3. The fourth-order valence-corrected chi connectivity index (χ4v) is 5.98. The van der Waals surface area contributed by atoms with Gasteiger partial charge >= 0.3 is 0 Å². The predicted molar refractivity (Wildman–Crippen MR) is 143 cm³/mol. The minimum atomic E-state index is -1.04. The number of hydrogen-bond donors (Lipinski definition) is 1. The van der Waals surface area contributed by atoms with E-state index in [2.05, 4.69) is 5.32 Å². The van der Waals surface area contributed by atoms with Gasteiger partial charge in [0.15, 0.2) is 0 Å². The minimum Gasteiger partial charge on any atom is -0.497 e. The summed E-state index contributed by atoms with van der Waals surface area (Å²) >= 11 is 5.93. The van der Waals surface area contributed by atoms with Crippen LogP contribution in [0.15, 0.2) is 72.9 Å². The van der Waals surface area contributed by atoms with Gasteiger partial charge in [-0.15, -0.1) is 0 Å². The summed E-state index contributed by atoms with van der Waals surface area (Å²) in [6, 6.07) is 16.5. The molecule has 10 nitrogen and oxygen atoms in total. The van der Waals surface area contributed by atoms with Gasteiger partial charge in [-0.2, -0.15) is 0 Å². The van der Waals surface area contributed by atoms with Crippen LogP contribution < -0.4 is 15.0 Å². The summed E-state index contributed by atoms with van der Waals surface area (Å²) < 4.78 is 5.20. The Morgan fingerprint density at radius 2 is 1.74 bits per heavy atom. The van der Waals surface area contributed by atoms with Crippen LogP contribution in [-0.2, 0) is 14.4 Å². The van der Waals surface area contributed by atoms with E-state index in [0.29, 0.717) is 11.4 Å². The number of fused-ring (bicyclic) bond motifs is 5. The van der Waals surface area contributed by atoms with E-state index >= 15 is 0 Å². The van der Waals surface area contributed by atoms with E-state index in [1.165, 1.54) is 19.2 Å². The maximum absolute atomic E-state index is 13.9. The van der Waals surface area contributed by atoms with Gasteiger partial charge in [0, 0.05) is 18.0 Å². The van der Waals surface area contributed by atoms with E-state index in [9.17, 15) is 24.5 Å². The zero-order valence-electron chi connectivity index (χ0n) is 20.5. The molecule has 0 spiro atoms. The van der Waals surface area contributed by atoms with Crippen molar-refractivity contribution in [1.82, 2.24) is 4.90 Å². The van der Waals surface area contributed by atoms with Crippen molar-refractivity contribution in [2.75, 3.05) is 17.3 Å². The SMILES string of the molecule is COc1ccc(N2C(=O)[C@@H]3[C@H](C2=O)[C@H]2c4ccccc4C=CN2[C@@H]3C(=O)Nc2ccc(Cl)c([N+](=O)[O-])c2)cc1. The largest absolute Gasteiger partial charge is 0.497 e. The number of carbonyl (C=O) groups excluding carboxylic acids is 3. The fraction of sp³-hybridized carbons (Fsp3) is 0.179. The zero-order chi connectivity index (χ0) is 27.4.